The molecule has 0 aliphatic rings. The second-order valence-corrected chi connectivity index (χ2v) is 5.05. The first-order chi connectivity index (χ1) is 9.58. The zero-order chi connectivity index (χ0) is 15.0. The van der Waals surface area contributed by atoms with Gasteiger partial charge < -0.3 is 10.5 Å². The summed E-state index contributed by atoms with van der Waals surface area (Å²) in [5, 5.41) is 2.56. The second-order valence-electron chi connectivity index (χ2n) is 4.10. The first-order valence-corrected chi connectivity index (χ1v) is 7.62. The molecule has 7 heteroatoms. The number of rotatable bonds is 8. The summed E-state index contributed by atoms with van der Waals surface area (Å²) in [4.78, 5) is 11.4. The summed E-state index contributed by atoms with van der Waals surface area (Å²) in [6.45, 7) is 4.04. The minimum absolute atomic E-state index is 0.280. The summed E-state index contributed by atoms with van der Waals surface area (Å²) >= 11 is 0. The number of ether oxygens (including phenoxy) is 1. The molecule has 0 radical (unpaired) electrons. The predicted molar refractivity (Wildman–Crippen MR) is 76.7 cm³/mol. The third kappa shape index (κ3) is 5.25. The van der Waals surface area contributed by atoms with Crippen molar-refractivity contribution in [3.8, 4) is 5.75 Å². The summed E-state index contributed by atoms with van der Waals surface area (Å²) in [6, 6.07) is 6.53. The third-order valence-electron chi connectivity index (χ3n) is 2.51. The molecule has 0 fully saturated rings. The molecule has 2 atom stereocenters. The van der Waals surface area contributed by atoms with Gasteiger partial charge in [0.2, 0.25) is 0 Å². The van der Waals surface area contributed by atoms with Crippen molar-refractivity contribution in [3.63, 3.8) is 0 Å². The fourth-order valence-corrected chi connectivity index (χ4v) is 2.38. The van der Waals surface area contributed by atoms with E-state index in [1.807, 2.05) is 12.1 Å². The summed E-state index contributed by atoms with van der Waals surface area (Å²) in [5.41, 5.74) is 6.39. The van der Waals surface area contributed by atoms with Crippen LogP contribution in [0.3, 0.4) is 0 Å². The topological polar surface area (TPSA) is 90.6 Å². The molecule has 110 valence electrons. The van der Waals surface area contributed by atoms with Crippen molar-refractivity contribution in [2.24, 2.45) is 5.73 Å². The Labute approximate surface area is 119 Å². The van der Waals surface area contributed by atoms with Gasteiger partial charge in [-0.1, -0.05) is 23.3 Å². The Bertz CT molecular complexity index is 467. The molecule has 6 nitrogen and oxygen atoms in total. The molecule has 0 aliphatic heterocycles. The van der Waals surface area contributed by atoms with Gasteiger partial charge in [0.15, 0.2) is 5.75 Å². The van der Waals surface area contributed by atoms with Gasteiger partial charge in [0, 0.05) is 10.1 Å². The Morgan fingerprint density at radius 3 is 2.80 bits per heavy atom. The number of esters is 1. The van der Waals surface area contributed by atoms with E-state index in [0.717, 1.165) is 5.56 Å². The third-order valence-corrected chi connectivity index (χ3v) is 3.47. The van der Waals surface area contributed by atoms with Crippen molar-refractivity contribution in [2.75, 3.05) is 13.2 Å². The number of benzene rings is 1. The molecule has 3 N–H and O–H groups in total. The van der Waals surface area contributed by atoms with Crippen LogP contribution < -0.4 is 15.3 Å². The maximum absolute atomic E-state index is 11.9. The average Bonchev–Trinajstić information content (AvgIpc) is 2.41. The highest BCUT2D eigenvalue weighted by Gasteiger charge is 2.28. The van der Waals surface area contributed by atoms with Crippen LogP contribution in [-0.2, 0) is 20.5 Å². The molecular weight excluding hydrogens is 279 g/mol. The van der Waals surface area contributed by atoms with Gasteiger partial charge in [0.05, 0.1) is 6.61 Å². The van der Waals surface area contributed by atoms with E-state index >= 15 is 0 Å². The summed E-state index contributed by atoms with van der Waals surface area (Å²) < 4.78 is 22.0. The fraction of sp³-hybridized carbons (Fsp3) is 0.462. The van der Waals surface area contributed by atoms with Gasteiger partial charge in [-0.25, -0.2) is 4.52 Å². The van der Waals surface area contributed by atoms with Crippen LogP contribution in [0.25, 0.3) is 0 Å². The van der Waals surface area contributed by atoms with E-state index in [1.165, 1.54) is 0 Å². The van der Waals surface area contributed by atoms with Gasteiger partial charge in [0.1, 0.15) is 6.04 Å². The van der Waals surface area contributed by atoms with E-state index in [9.17, 15) is 9.36 Å². The van der Waals surface area contributed by atoms with Crippen LogP contribution in [0.2, 0.25) is 0 Å². The van der Waals surface area contributed by atoms with Gasteiger partial charge in [-0.2, -0.15) is 0 Å². The molecule has 0 aromatic heterocycles. The number of nitrogens with one attached hydrogen (secondary N) is 1. The highest BCUT2D eigenvalue weighted by molar-refractivity contribution is 7.37. The quantitative estimate of drug-likeness (QED) is 0.561. The SMILES string of the molecule is CCOC(=O)C(C)N[P+](=O)Oc1ccccc1CCN. The van der Waals surface area contributed by atoms with Crippen molar-refractivity contribution in [2.45, 2.75) is 26.3 Å². The summed E-state index contributed by atoms with van der Waals surface area (Å²) in [6.07, 6.45) is 0.632. The van der Waals surface area contributed by atoms with Crippen molar-refractivity contribution in [1.29, 1.82) is 0 Å². The highest BCUT2D eigenvalue weighted by Crippen LogP contribution is 2.27. The lowest BCUT2D eigenvalue weighted by atomic mass is 10.1. The van der Waals surface area contributed by atoms with Crippen molar-refractivity contribution < 1.29 is 18.6 Å². The highest BCUT2D eigenvalue weighted by atomic mass is 31.1. The van der Waals surface area contributed by atoms with Crippen LogP contribution in [0, 0.1) is 0 Å². The first-order valence-electron chi connectivity index (χ1n) is 6.44. The molecule has 20 heavy (non-hydrogen) atoms. The van der Waals surface area contributed by atoms with Crippen LogP contribution in [0.15, 0.2) is 24.3 Å². The monoisotopic (exact) mass is 299 g/mol. The molecule has 1 aromatic carbocycles. The van der Waals surface area contributed by atoms with E-state index in [1.54, 1.807) is 26.0 Å². The van der Waals surface area contributed by atoms with E-state index in [0.29, 0.717) is 18.7 Å². The largest absolute Gasteiger partial charge is 0.664 e. The van der Waals surface area contributed by atoms with E-state index < -0.39 is 20.2 Å². The molecule has 1 aromatic rings. The Hall–Kier alpha value is -1.49. The standard InChI is InChI=1S/C13H20N2O4P/c1-3-18-13(16)10(2)15-20(17)19-12-7-5-4-6-11(12)8-9-14/h4-7,10H,3,8-9,14H2,1-2H3,(H,15,17)/q+1. The smallest absolute Gasteiger partial charge is 0.465 e. The van der Waals surface area contributed by atoms with Crippen molar-refractivity contribution >= 4 is 14.1 Å². The summed E-state index contributed by atoms with van der Waals surface area (Å²) in [5.74, 6) is 0.0392. The lowest BCUT2D eigenvalue weighted by molar-refractivity contribution is -0.144. The fourth-order valence-electron chi connectivity index (χ4n) is 1.55. The van der Waals surface area contributed by atoms with Crippen LogP contribution in [-0.4, -0.2) is 25.2 Å². The van der Waals surface area contributed by atoms with Gasteiger partial charge >= 0.3 is 14.1 Å². The average molecular weight is 299 g/mol. The number of carbonyl (C=O) groups excluding carboxylic acids is 1. The summed E-state index contributed by atoms with van der Waals surface area (Å²) in [7, 11) is -2.21. The Kier molecular flexibility index (Phi) is 7.15. The van der Waals surface area contributed by atoms with Crippen molar-refractivity contribution in [3.05, 3.63) is 29.8 Å². The second kappa shape index (κ2) is 8.64. The van der Waals surface area contributed by atoms with Crippen LogP contribution in [0.5, 0.6) is 5.75 Å². The van der Waals surface area contributed by atoms with E-state index in [-0.39, 0.29) is 6.61 Å². The number of para-hydroxylation sites is 1. The van der Waals surface area contributed by atoms with Gasteiger partial charge in [-0.3, -0.25) is 4.79 Å². The zero-order valence-corrected chi connectivity index (χ0v) is 12.6. The van der Waals surface area contributed by atoms with E-state index in [2.05, 4.69) is 5.09 Å². The first kappa shape index (κ1) is 16.6. The predicted octanol–water partition coefficient (Wildman–Crippen LogP) is 1.77. The molecule has 0 heterocycles. The number of nitrogens with two attached hydrogens (primary N) is 1. The molecule has 1 rings (SSSR count). The molecule has 0 saturated heterocycles. The number of hydrogen-bond donors (Lipinski definition) is 2. The maximum atomic E-state index is 11.9. The molecule has 0 amide bonds. The Morgan fingerprint density at radius 1 is 1.45 bits per heavy atom. The molecule has 0 bridgehead atoms. The Morgan fingerprint density at radius 2 is 2.15 bits per heavy atom. The maximum Gasteiger partial charge on any atom is 0.664 e. The van der Waals surface area contributed by atoms with Crippen LogP contribution in [0.1, 0.15) is 19.4 Å². The van der Waals surface area contributed by atoms with E-state index in [4.69, 9.17) is 15.0 Å². The molecule has 0 spiro atoms. The minimum Gasteiger partial charge on any atom is -0.465 e. The minimum atomic E-state index is -2.21. The van der Waals surface area contributed by atoms with Crippen LogP contribution in [0.4, 0.5) is 0 Å². The van der Waals surface area contributed by atoms with Gasteiger partial charge in [0.25, 0.3) is 0 Å². The normalized spacial score (nSPS) is 12.7. The van der Waals surface area contributed by atoms with Gasteiger partial charge in [-0.05, 0) is 32.9 Å². The number of hydrogen-bond acceptors (Lipinski definition) is 5. The Balaban J connectivity index is 2.60. The van der Waals surface area contributed by atoms with Crippen molar-refractivity contribution in [1.82, 2.24) is 5.09 Å². The lowest BCUT2D eigenvalue weighted by Gasteiger charge is -2.06. The van der Waals surface area contributed by atoms with Gasteiger partial charge in [-0.15, -0.1) is 0 Å². The molecule has 0 saturated carbocycles. The molecule has 0 aliphatic carbocycles. The van der Waals surface area contributed by atoms with Crippen LogP contribution >= 0.6 is 8.18 Å². The lowest BCUT2D eigenvalue weighted by Crippen LogP contribution is -2.31. The zero-order valence-electron chi connectivity index (χ0n) is 11.7. The number of carbonyl (C=O) groups is 1. The molecule has 2 unspecified atom stereocenters. The molecular formula is C13H20N2O4P+.